The van der Waals surface area contributed by atoms with E-state index in [2.05, 4.69) is 27.9 Å². The lowest BCUT2D eigenvalue weighted by atomic mass is 9.76. The zero-order valence-electron chi connectivity index (χ0n) is 11.8. The number of carbonyl (C=O) groups excluding carboxylic acids is 1. The van der Waals surface area contributed by atoms with Gasteiger partial charge in [0.15, 0.2) is 0 Å². The minimum Gasteiger partial charge on any atom is -0.355 e. The molecule has 1 aromatic rings. The second-order valence-electron chi connectivity index (χ2n) is 5.27. The molecule has 1 aliphatic rings. The predicted molar refractivity (Wildman–Crippen MR) is 78.4 cm³/mol. The molecular formula is C14H23N3OS. The van der Waals surface area contributed by atoms with Gasteiger partial charge in [-0.2, -0.15) is 0 Å². The summed E-state index contributed by atoms with van der Waals surface area (Å²) in [6, 6.07) is 0. The third-order valence-electron chi connectivity index (χ3n) is 4.01. The smallest absolute Gasteiger partial charge is 0.226 e. The first-order valence-corrected chi connectivity index (χ1v) is 7.94. The summed E-state index contributed by atoms with van der Waals surface area (Å²) in [5.41, 5.74) is 0.916. The second-order valence-corrected chi connectivity index (χ2v) is 6.22. The van der Waals surface area contributed by atoms with E-state index >= 15 is 0 Å². The standard InChI is InChI=1S/C14H23N3OS/c1-3-14(5-8-15-9-6-14)13(18)16-7-4-12-17-11(2)10-19-12/h10,15H,3-9H2,1-2H3,(H,16,18). The molecule has 0 spiro atoms. The molecule has 2 rings (SSSR count). The first-order valence-electron chi connectivity index (χ1n) is 7.06. The van der Waals surface area contributed by atoms with Gasteiger partial charge in [-0.15, -0.1) is 11.3 Å². The summed E-state index contributed by atoms with van der Waals surface area (Å²) in [7, 11) is 0. The van der Waals surface area contributed by atoms with Gasteiger partial charge in [-0.1, -0.05) is 6.92 Å². The van der Waals surface area contributed by atoms with E-state index in [0.29, 0.717) is 6.54 Å². The second kappa shape index (κ2) is 6.48. The Morgan fingerprint density at radius 3 is 2.84 bits per heavy atom. The summed E-state index contributed by atoms with van der Waals surface area (Å²) < 4.78 is 0. The van der Waals surface area contributed by atoms with Crippen LogP contribution in [0.15, 0.2) is 5.38 Å². The minimum absolute atomic E-state index is 0.149. The number of amides is 1. The van der Waals surface area contributed by atoms with Crippen molar-refractivity contribution >= 4 is 17.2 Å². The van der Waals surface area contributed by atoms with Crippen molar-refractivity contribution in [2.45, 2.75) is 39.5 Å². The van der Waals surface area contributed by atoms with Crippen molar-refractivity contribution in [2.24, 2.45) is 5.41 Å². The fraction of sp³-hybridized carbons (Fsp3) is 0.714. The van der Waals surface area contributed by atoms with Crippen molar-refractivity contribution in [3.63, 3.8) is 0 Å². The van der Waals surface area contributed by atoms with Gasteiger partial charge in [-0.05, 0) is 39.3 Å². The molecule has 5 heteroatoms. The van der Waals surface area contributed by atoms with E-state index in [1.165, 1.54) is 0 Å². The van der Waals surface area contributed by atoms with Crippen molar-refractivity contribution in [3.05, 3.63) is 16.1 Å². The maximum absolute atomic E-state index is 12.4. The van der Waals surface area contributed by atoms with Crippen molar-refractivity contribution in [3.8, 4) is 0 Å². The Balaban J connectivity index is 1.82. The highest BCUT2D eigenvalue weighted by atomic mass is 32.1. The summed E-state index contributed by atoms with van der Waals surface area (Å²) in [6.45, 7) is 6.72. The van der Waals surface area contributed by atoms with E-state index in [0.717, 1.165) is 49.5 Å². The molecule has 4 nitrogen and oxygen atoms in total. The monoisotopic (exact) mass is 281 g/mol. The Morgan fingerprint density at radius 1 is 1.53 bits per heavy atom. The van der Waals surface area contributed by atoms with Gasteiger partial charge in [0.1, 0.15) is 0 Å². The van der Waals surface area contributed by atoms with E-state index in [-0.39, 0.29) is 11.3 Å². The highest BCUT2D eigenvalue weighted by Gasteiger charge is 2.37. The molecule has 1 aromatic heterocycles. The maximum atomic E-state index is 12.4. The first-order chi connectivity index (χ1) is 9.16. The number of aryl methyl sites for hydroxylation is 1. The van der Waals surface area contributed by atoms with Crippen LogP contribution in [0.25, 0.3) is 0 Å². The van der Waals surface area contributed by atoms with Crippen molar-refractivity contribution in [1.29, 1.82) is 0 Å². The Bertz CT molecular complexity index is 424. The lowest BCUT2D eigenvalue weighted by Gasteiger charge is -2.35. The van der Waals surface area contributed by atoms with Gasteiger partial charge < -0.3 is 10.6 Å². The molecule has 0 atom stereocenters. The van der Waals surface area contributed by atoms with Gasteiger partial charge in [0.05, 0.1) is 10.4 Å². The summed E-state index contributed by atoms with van der Waals surface area (Å²) >= 11 is 1.67. The van der Waals surface area contributed by atoms with Crippen molar-refractivity contribution in [2.75, 3.05) is 19.6 Å². The van der Waals surface area contributed by atoms with Gasteiger partial charge >= 0.3 is 0 Å². The zero-order valence-corrected chi connectivity index (χ0v) is 12.6. The molecule has 0 saturated carbocycles. The third-order valence-corrected chi connectivity index (χ3v) is 5.04. The molecule has 2 N–H and O–H groups in total. The van der Waals surface area contributed by atoms with Crippen LogP contribution < -0.4 is 10.6 Å². The Kier molecular flexibility index (Phi) is 4.93. The highest BCUT2D eigenvalue weighted by Crippen LogP contribution is 2.32. The number of piperidine rings is 1. The fourth-order valence-electron chi connectivity index (χ4n) is 2.63. The molecule has 0 unspecified atom stereocenters. The summed E-state index contributed by atoms with van der Waals surface area (Å²) in [4.78, 5) is 16.8. The highest BCUT2D eigenvalue weighted by molar-refractivity contribution is 7.09. The van der Waals surface area contributed by atoms with Gasteiger partial charge in [0.2, 0.25) is 5.91 Å². The lowest BCUT2D eigenvalue weighted by Crippen LogP contribution is -2.47. The van der Waals surface area contributed by atoms with Crippen LogP contribution in [0.4, 0.5) is 0 Å². The number of hydrogen-bond acceptors (Lipinski definition) is 4. The van der Waals surface area contributed by atoms with E-state index in [9.17, 15) is 4.79 Å². The molecular weight excluding hydrogens is 258 g/mol. The van der Waals surface area contributed by atoms with E-state index < -0.39 is 0 Å². The van der Waals surface area contributed by atoms with Crippen molar-refractivity contribution in [1.82, 2.24) is 15.6 Å². The molecule has 0 radical (unpaired) electrons. The van der Waals surface area contributed by atoms with Gasteiger partial charge in [0.25, 0.3) is 0 Å². The topological polar surface area (TPSA) is 54.0 Å². The average Bonchev–Trinajstić information content (AvgIpc) is 2.85. The van der Waals surface area contributed by atoms with E-state index in [4.69, 9.17) is 0 Å². The van der Waals surface area contributed by atoms with Crippen LogP contribution in [0.2, 0.25) is 0 Å². The SMILES string of the molecule is CCC1(C(=O)NCCc2nc(C)cs2)CCNCC1. The van der Waals surface area contributed by atoms with Crippen LogP contribution in [-0.4, -0.2) is 30.5 Å². The van der Waals surface area contributed by atoms with Crippen molar-refractivity contribution < 1.29 is 4.79 Å². The summed E-state index contributed by atoms with van der Waals surface area (Å²) in [5.74, 6) is 0.227. The Labute approximate surface area is 119 Å². The van der Waals surface area contributed by atoms with Crippen LogP contribution >= 0.6 is 11.3 Å². The van der Waals surface area contributed by atoms with Crippen LogP contribution in [0.3, 0.4) is 0 Å². The number of rotatable bonds is 5. The summed E-state index contributed by atoms with van der Waals surface area (Å²) in [5, 5.41) is 9.59. The zero-order chi connectivity index (χ0) is 13.7. The molecule has 19 heavy (non-hydrogen) atoms. The number of thiazole rings is 1. The fourth-order valence-corrected chi connectivity index (χ4v) is 3.41. The van der Waals surface area contributed by atoms with E-state index in [1.807, 2.05) is 6.92 Å². The van der Waals surface area contributed by atoms with Crippen LogP contribution in [0.1, 0.15) is 36.9 Å². The predicted octanol–water partition coefficient (Wildman–Crippen LogP) is 1.89. The average molecular weight is 281 g/mol. The number of nitrogens with one attached hydrogen (secondary N) is 2. The van der Waals surface area contributed by atoms with Gasteiger partial charge in [0, 0.05) is 24.0 Å². The number of nitrogens with zero attached hydrogens (tertiary/aromatic N) is 1. The first kappa shape index (κ1) is 14.5. The summed E-state index contributed by atoms with van der Waals surface area (Å²) in [6.07, 6.45) is 3.66. The molecule has 2 heterocycles. The molecule has 1 amide bonds. The number of carbonyl (C=O) groups is 1. The number of aromatic nitrogens is 1. The molecule has 1 saturated heterocycles. The quantitative estimate of drug-likeness (QED) is 0.866. The molecule has 1 aliphatic heterocycles. The minimum atomic E-state index is -0.149. The largest absolute Gasteiger partial charge is 0.355 e. The molecule has 0 bridgehead atoms. The maximum Gasteiger partial charge on any atom is 0.226 e. The Morgan fingerprint density at radius 2 is 2.26 bits per heavy atom. The van der Waals surface area contributed by atoms with Crippen LogP contribution in [0, 0.1) is 12.3 Å². The Hall–Kier alpha value is -0.940. The molecule has 0 aliphatic carbocycles. The normalized spacial score (nSPS) is 18.2. The molecule has 1 fully saturated rings. The lowest BCUT2D eigenvalue weighted by molar-refractivity contribution is -0.132. The van der Waals surface area contributed by atoms with Gasteiger partial charge in [-0.3, -0.25) is 4.79 Å². The number of hydrogen-bond donors (Lipinski definition) is 2. The van der Waals surface area contributed by atoms with E-state index in [1.54, 1.807) is 11.3 Å². The van der Waals surface area contributed by atoms with Crippen LogP contribution in [0.5, 0.6) is 0 Å². The molecule has 0 aromatic carbocycles. The molecule has 106 valence electrons. The van der Waals surface area contributed by atoms with Gasteiger partial charge in [-0.25, -0.2) is 4.98 Å². The third kappa shape index (κ3) is 3.54. The van der Waals surface area contributed by atoms with Crippen LogP contribution in [-0.2, 0) is 11.2 Å².